The van der Waals surface area contributed by atoms with Gasteiger partial charge in [-0.15, -0.1) is 0 Å². The van der Waals surface area contributed by atoms with Gasteiger partial charge in [-0.05, 0) is 40.5 Å². The summed E-state index contributed by atoms with van der Waals surface area (Å²) in [5.41, 5.74) is 0.459. The summed E-state index contributed by atoms with van der Waals surface area (Å²) in [6.07, 6.45) is 0. The van der Waals surface area contributed by atoms with Crippen LogP contribution >= 0.6 is 15.9 Å². The molecule has 0 bridgehead atoms. The third-order valence-corrected chi connectivity index (χ3v) is 3.14. The fraction of sp³-hybridized carbons (Fsp3) is 0.0769. The molecule has 0 heterocycles. The number of hydrogen-bond acceptors (Lipinski definition) is 3. The van der Waals surface area contributed by atoms with E-state index < -0.39 is 10.7 Å². The molecule has 4 nitrogen and oxygen atoms in total. The summed E-state index contributed by atoms with van der Waals surface area (Å²) in [5.74, 6) is -0.166. The Kier molecular flexibility index (Phi) is 3.80. The van der Waals surface area contributed by atoms with Crippen molar-refractivity contribution in [3.63, 3.8) is 0 Å². The zero-order chi connectivity index (χ0) is 14.0. The lowest BCUT2D eigenvalue weighted by atomic mass is 10.2. The molecule has 2 aromatic rings. The predicted octanol–water partition coefficient (Wildman–Crippen LogP) is 4.60. The van der Waals surface area contributed by atoms with Crippen molar-refractivity contribution in [2.45, 2.75) is 6.92 Å². The van der Waals surface area contributed by atoms with Crippen molar-refractivity contribution in [2.24, 2.45) is 0 Å². The highest BCUT2D eigenvalue weighted by atomic mass is 79.9. The second-order valence-electron chi connectivity index (χ2n) is 3.86. The van der Waals surface area contributed by atoms with Gasteiger partial charge >= 0.3 is 5.69 Å². The Morgan fingerprint density at radius 3 is 2.68 bits per heavy atom. The third kappa shape index (κ3) is 2.90. The standard InChI is InChI=1S/C13H9BrFNO3/c1-8-3-2-4-12(16(17)18)13(8)19-9-5-6-10(14)11(15)7-9/h2-7H,1H3. The molecule has 0 aromatic heterocycles. The molecule has 0 spiro atoms. The molecule has 2 rings (SSSR count). The second-order valence-corrected chi connectivity index (χ2v) is 4.71. The van der Waals surface area contributed by atoms with Gasteiger partial charge in [0.25, 0.3) is 0 Å². The number of nitro benzene ring substituents is 1. The Labute approximate surface area is 117 Å². The molecule has 6 heteroatoms. The zero-order valence-corrected chi connectivity index (χ0v) is 11.5. The molecule has 0 aliphatic carbocycles. The van der Waals surface area contributed by atoms with Crippen molar-refractivity contribution in [3.05, 3.63) is 62.4 Å². The van der Waals surface area contributed by atoms with E-state index in [4.69, 9.17) is 4.74 Å². The Hall–Kier alpha value is -1.95. The monoisotopic (exact) mass is 325 g/mol. The molecule has 98 valence electrons. The first kappa shape index (κ1) is 13.5. The van der Waals surface area contributed by atoms with E-state index in [1.807, 2.05) is 0 Å². The van der Waals surface area contributed by atoms with Gasteiger partial charge < -0.3 is 4.74 Å². The number of benzene rings is 2. The number of hydrogen-bond donors (Lipinski definition) is 0. The van der Waals surface area contributed by atoms with E-state index in [1.165, 1.54) is 24.3 Å². The van der Waals surface area contributed by atoms with Gasteiger partial charge in [-0.1, -0.05) is 12.1 Å². The van der Waals surface area contributed by atoms with E-state index in [9.17, 15) is 14.5 Å². The van der Waals surface area contributed by atoms with E-state index in [1.54, 1.807) is 19.1 Å². The average Bonchev–Trinajstić information content (AvgIpc) is 2.36. The van der Waals surface area contributed by atoms with Crippen LogP contribution in [-0.2, 0) is 0 Å². The van der Waals surface area contributed by atoms with E-state index >= 15 is 0 Å². The van der Waals surface area contributed by atoms with Crippen LogP contribution < -0.4 is 4.74 Å². The minimum Gasteiger partial charge on any atom is -0.450 e. The van der Waals surface area contributed by atoms with Crippen molar-refractivity contribution >= 4 is 21.6 Å². The fourth-order valence-corrected chi connectivity index (χ4v) is 1.82. The molecule has 0 amide bonds. The molecule has 0 atom stereocenters. The summed E-state index contributed by atoms with van der Waals surface area (Å²) in [6, 6.07) is 8.79. The maximum atomic E-state index is 13.4. The van der Waals surface area contributed by atoms with Crippen LogP contribution in [0.2, 0.25) is 0 Å². The molecule has 19 heavy (non-hydrogen) atoms. The molecule has 0 aliphatic rings. The number of rotatable bonds is 3. The van der Waals surface area contributed by atoms with Crippen LogP contribution in [0.15, 0.2) is 40.9 Å². The third-order valence-electron chi connectivity index (χ3n) is 2.50. The first-order valence-corrected chi connectivity index (χ1v) is 6.15. The lowest BCUT2D eigenvalue weighted by molar-refractivity contribution is -0.385. The van der Waals surface area contributed by atoms with E-state index in [0.717, 1.165) is 0 Å². The summed E-state index contributed by atoms with van der Waals surface area (Å²) in [7, 11) is 0. The topological polar surface area (TPSA) is 52.4 Å². The quantitative estimate of drug-likeness (QED) is 0.612. The summed E-state index contributed by atoms with van der Waals surface area (Å²) in [4.78, 5) is 10.4. The molecule has 0 saturated heterocycles. The van der Waals surface area contributed by atoms with Crippen molar-refractivity contribution in [1.82, 2.24) is 0 Å². The molecule has 0 N–H and O–H groups in total. The summed E-state index contributed by atoms with van der Waals surface area (Å²) >= 11 is 3.03. The number of halogens is 2. The Bertz CT molecular complexity index is 646. The molecule has 0 unspecified atom stereocenters. The molecular weight excluding hydrogens is 317 g/mol. The summed E-state index contributed by atoms with van der Waals surface area (Å²) in [5, 5.41) is 10.9. The SMILES string of the molecule is Cc1cccc([N+](=O)[O-])c1Oc1ccc(Br)c(F)c1. The molecule has 2 aromatic carbocycles. The Morgan fingerprint density at radius 2 is 2.05 bits per heavy atom. The van der Waals surface area contributed by atoms with Crippen molar-refractivity contribution < 1.29 is 14.1 Å². The second kappa shape index (κ2) is 5.36. The van der Waals surface area contributed by atoms with Gasteiger partial charge in [-0.3, -0.25) is 10.1 Å². The average molecular weight is 326 g/mol. The minimum absolute atomic E-state index is 0.120. The van der Waals surface area contributed by atoms with Crippen molar-refractivity contribution in [1.29, 1.82) is 0 Å². The van der Waals surface area contributed by atoms with Crippen LogP contribution in [0.1, 0.15) is 5.56 Å². The first-order chi connectivity index (χ1) is 8.99. The van der Waals surface area contributed by atoms with Crippen molar-refractivity contribution in [2.75, 3.05) is 0 Å². The van der Waals surface area contributed by atoms with Crippen LogP contribution in [0.3, 0.4) is 0 Å². The largest absolute Gasteiger partial charge is 0.450 e. The lowest BCUT2D eigenvalue weighted by Crippen LogP contribution is -1.95. The van der Waals surface area contributed by atoms with Crippen LogP contribution in [-0.4, -0.2) is 4.92 Å². The summed E-state index contributed by atoms with van der Waals surface area (Å²) in [6.45, 7) is 1.69. The van der Waals surface area contributed by atoms with Gasteiger partial charge in [0.2, 0.25) is 5.75 Å². The maximum Gasteiger partial charge on any atom is 0.311 e. The van der Waals surface area contributed by atoms with Gasteiger partial charge in [0.15, 0.2) is 0 Å². The van der Waals surface area contributed by atoms with Crippen LogP contribution in [0.5, 0.6) is 11.5 Å². The highest BCUT2D eigenvalue weighted by Gasteiger charge is 2.18. The summed E-state index contributed by atoms with van der Waals surface area (Å²) < 4.78 is 19.1. The Morgan fingerprint density at radius 1 is 1.32 bits per heavy atom. The van der Waals surface area contributed by atoms with E-state index in [-0.39, 0.29) is 17.2 Å². The number of nitro groups is 1. The van der Waals surface area contributed by atoms with Crippen LogP contribution in [0.25, 0.3) is 0 Å². The number of para-hydroxylation sites is 1. The highest BCUT2D eigenvalue weighted by Crippen LogP contribution is 2.35. The van der Waals surface area contributed by atoms with Crippen LogP contribution in [0, 0.1) is 22.9 Å². The Balaban J connectivity index is 2.42. The fourth-order valence-electron chi connectivity index (χ4n) is 1.57. The molecular formula is C13H9BrFNO3. The van der Waals surface area contributed by atoms with Gasteiger partial charge in [0, 0.05) is 12.1 Å². The van der Waals surface area contributed by atoms with Gasteiger partial charge in [0.05, 0.1) is 9.40 Å². The number of ether oxygens (including phenoxy) is 1. The van der Waals surface area contributed by atoms with E-state index in [2.05, 4.69) is 15.9 Å². The van der Waals surface area contributed by atoms with Gasteiger partial charge in [0.1, 0.15) is 11.6 Å². The van der Waals surface area contributed by atoms with Crippen molar-refractivity contribution in [3.8, 4) is 11.5 Å². The molecule has 0 radical (unpaired) electrons. The first-order valence-electron chi connectivity index (χ1n) is 5.36. The zero-order valence-electron chi connectivity index (χ0n) is 9.89. The number of nitrogens with zero attached hydrogens (tertiary/aromatic N) is 1. The van der Waals surface area contributed by atoms with Gasteiger partial charge in [-0.25, -0.2) is 4.39 Å². The predicted molar refractivity (Wildman–Crippen MR) is 72.0 cm³/mol. The van der Waals surface area contributed by atoms with Gasteiger partial charge in [-0.2, -0.15) is 0 Å². The number of aryl methyl sites for hydroxylation is 1. The molecule has 0 aliphatic heterocycles. The minimum atomic E-state index is -0.530. The molecule has 0 fully saturated rings. The maximum absolute atomic E-state index is 13.4. The van der Waals surface area contributed by atoms with Crippen LogP contribution in [0.4, 0.5) is 10.1 Å². The normalized spacial score (nSPS) is 10.3. The highest BCUT2D eigenvalue weighted by molar-refractivity contribution is 9.10. The lowest BCUT2D eigenvalue weighted by Gasteiger charge is -2.09. The molecule has 0 saturated carbocycles. The smallest absolute Gasteiger partial charge is 0.311 e. The van der Waals surface area contributed by atoms with E-state index in [0.29, 0.717) is 10.0 Å².